The summed E-state index contributed by atoms with van der Waals surface area (Å²) in [6, 6.07) is 6.79. The van der Waals surface area contributed by atoms with Crippen LogP contribution in [0.4, 0.5) is 4.39 Å². The van der Waals surface area contributed by atoms with Gasteiger partial charge < -0.3 is 4.52 Å². The normalized spacial score (nSPS) is 16.6. The molecule has 0 aliphatic heterocycles. The fourth-order valence-electron chi connectivity index (χ4n) is 2.24. The zero-order chi connectivity index (χ0) is 14.1. The van der Waals surface area contributed by atoms with Gasteiger partial charge in [-0.3, -0.25) is 4.90 Å². The molecule has 106 valence electrons. The summed E-state index contributed by atoms with van der Waals surface area (Å²) >= 11 is 0. The van der Waals surface area contributed by atoms with Gasteiger partial charge in [0, 0.05) is 17.5 Å². The molecule has 1 unspecified atom stereocenters. The minimum absolute atomic E-state index is 0.0486. The Morgan fingerprint density at radius 1 is 1.40 bits per heavy atom. The van der Waals surface area contributed by atoms with E-state index in [4.69, 9.17) is 4.52 Å². The first kappa shape index (κ1) is 13.2. The van der Waals surface area contributed by atoms with Crippen LogP contribution in [0.2, 0.25) is 0 Å². The zero-order valence-electron chi connectivity index (χ0n) is 11.7. The van der Waals surface area contributed by atoms with Crippen LogP contribution in [0.3, 0.4) is 0 Å². The van der Waals surface area contributed by atoms with Gasteiger partial charge in [-0.25, -0.2) is 4.39 Å². The minimum Gasteiger partial charge on any atom is -0.338 e. The van der Waals surface area contributed by atoms with Crippen LogP contribution < -0.4 is 0 Å². The number of benzene rings is 1. The highest BCUT2D eigenvalue weighted by atomic mass is 19.1. The molecular formula is C15H18FN3O. The number of nitrogens with zero attached hydrogens (tertiary/aromatic N) is 3. The predicted molar refractivity (Wildman–Crippen MR) is 72.6 cm³/mol. The standard InChI is InChI=1S/C15H18FN3O/c1-10(12-5-3-4-6-13(12)16)19(2)9-14-17-15(18-20-14)11-7-8-11/h3-6,10-11H,7-9H2,1-2H3. The summed E-state index contributed by atoms with van der Waals surface area (Å²) in [6.07, 6.45) is 2.31. The van der Waals surface area contributed by atoms with Crippen molar-refractivity contribution in [3.63, 3.8) is 0 Å². The maximum Gasteiger partial charge on any atom is 0.240 e. The Labute approximate surface area is 117 Å². The zero-order valence-corrected chi connectivity index (χ0v) is 11.7. The third-order valence-corrected chi connectivity index (χ3v) is 3.83. The third-order valence-electron chi connectivity index (χ3n) is 3.83. The van der Waals surface area contributed by atoms with Gasteiger partial charge in [0.1, 0.15) is 5.82 Å². The van der Waals surface area contributed by atoms with Crippen molar-refractivity contribution in [3.05, 3.63) is 47.4 Å². The summed E-state index contributed by atoms with van der Waals surface area (Å²) in [4.78, 5) is 6.40. The Kier molecular flexibility index (Phi) is 3.53. The molecule has 1 atom stereocenters. The van der Waals surface area contributed by atoms with Gasteiger partial charge in [0.05, 0.1) is 6.54 Å². The molecule has 1 aliphatic carbocycles. The largest absolute Gasteiger partial charge is 0.338 e. The summed E-state index contributed by atoms with van der Waals surface area (Å²) in [5.74, 6) is 1.71. The van der Waals surface area contributed by atoms with Crippen molar-refractivity contribution >= 4 is 0 Å². The molecule has 1 aliphatic rings. The molecule has 0 amide bonds. The highest BCUT2D eigenvalue weighted by Gasteiger charge is 2.29. The molecule has 1 fully saturated rings. The topological polar surface area (TPSA) is 42.2 Å². The van der Waals surface area contributed by atoms with Gasteiger partial charge in [-0.2, -0.15) is 4.98 Å². The number of halogens is 1. The van der Waals surface area contributed by atoms with Crippen molar-refractivity contribution in [3.8, 4) is 0 Å². The molecule has 5 heteroatoms. The van der Waals surface area contributed by atoms with Crippen LogP contribution in [0.1, 0.15) is 49.0 Å². The number of aromatic nitrogens is 2. The second kappa shape index (κ2) is 5.32. The van der Waals surface area contributed by atoms with Crippen molar-refractivity contribution in [2.75, 3.05) is 7.05 Å². The van der Waals surface area contributed by atoms with Crippen LogP contribution >= 0.6 is 0 Å². The Morgan fingerprint density at radius 2 is 2.15 bits per heavy atom. The second-order valence-electron chi connectivity index (χ2n) is 5.43. The molecule has 0 radical (unpaired) electrons. The van der Waals surface area contributed by atoms with Crippen molar-refractivity contribution in [2.45, 2.75) is 38.3 Å². The van der Waals surface area contributed by atoms with Gasteiger partial charge in [-0.05, 0) is 32.9 Å². The van der Waals surface area contributed by atoms with Gasteiger partial charge in [0.25, 0.3) is 0 Å². The quantitative estimate of drug-likeness (QED) is 0.839. The number of hydrogen-bond donors (Lipinski definition) is 0. The van der Waals surface area contributed by atoms with Crippen molar-refractivity contribution in [1.82, 2.24) is 15.0 Å². The van der Waals surface area contributed by atoms with Crippen molar-refractivity contribution in [2.24, 2.45) is 0 Å². The van der Waals surface area contributed by atoms with Gasteiger partial charge in [0.2, 0.25) is 5.89 Å². The molecule has 4 nitrogen and oxygen atoms in total. The molecule has 1 aromatic carbocycles. The lowest BCUT2D eigenvalue weighted by atomic mass is 10.1. The summed E-state index contributed by atoms with van der Waals surface area (Å²) in [6.45, 7) is 2.49. The molecule has 1 saturated carbocycles. The molecule has 0 saturated heterocycles. The first-order valence-electron chi connectivity index (χ1n) is 6.92. The smallest absolute Gasteiger partial charge is 0.240 e. The molecule has 0 spiro atoms. The summed E-state index contributed by atoms with van der Waals surface area (Å²) in [7, 11) is 1.93. The lowest BCUT2D eigenvalue weighted by Crippen LogP contribution is -2.22. The van der Waals surface area contributed by atoms with E-state index in [9.17, 15) is 4.39 Å². The van der Waals surface area contributed by atoms with E-state index in [1.54, 1.807) is 12.1 Å². The van der Waals surface area contributed by atoms with E-state index in [2.05, 4.69) is 10.1 Å². The molecule has 1 aromatic heterocycles. The van der Waals surface area contributed by atoms with Gasteiger partial charge >= 0.3 is 0 Å². The SMILES string of the molecule is CC(c1ccccc1F)N(C)Cc1nc(C2CC2)no1. The maximum atomic E-state index is 13.8. The fraction of sp³-hybridized carbons (Fsp3) is 0.467. The molecule has 0 bridgehead atoms. The minimum atomic E-state index is -0.184. The third kappa shape index (κ3) is 2.72. The molecule has 1 heterocycles. The van der Waals surface area contributed by atoms with Gasteiger partial charge in [-0.1, -0.05) is 23.4 Å². The molecule has 0 N–H and O–H groups in total. The fourth-order valence-corrected chi connectivity index (χ4v) is 2.24. The Balaban J connectivity index is 1.68. The van der Waals surface area contributed by atoms with Gasteiger partial charge in [0.15, 0.2) is 5.82 Å². The lowest BCUT2D eigenvalue weighted by molar-refractivity contribution is 0.213. The van der Waals surface area contributed by atoms with Crippen molar-refractivity contribution < 1.29 is 8.91 Å². The van der Waals surface area contributed by atoms with Crippen LogP contribution in [0.25, 0.3) is 0 Å². The van der Waals surface area contributed by atoms with E-state index in [0.29, 0.717) is 23.9 Å². The summed E-state index contributed by atoms with van der Waals surface area (Å²) < 4.78 is 19.0. The van der Waals surface area contributed by atoms with Crippen LogP contribution in [-0.2, 0) is 6.54 Å². The van der Waals surface area contributed by atoms with Crippen LogP contribution in [0, 0.1) is 5.82 Å². The lowest BCUT2D eigenvalue weighted by Gasteiger charge is -2.23. The molecule has 3 rings (SSSR count). The van der Waals surface area contributed by atoms with E-state index in [-0.39, 0.29) is 11.9 Å². The monoisotopic (exact) mass is 275 g/mol. The average molecular weight is 275 g/mol. The number of hydrogen-bond acceptors (Lipinski definition) is 4. The van der Waals surface area contributed by atoms with E-state index < -0.39 is 0 Å². The van der Waals surface area contributed by atoms with Crippen LogP contribution in [0.5, 0.6) is 0 Å². The molecule has 20 heavy (non-hydrogen) atoms. The Morgan fingerprint density at radius 3 is 2.85 bits per heavy atom. The average Bonchev–Trinajstić information content (AvgIpc) is 3.19. The van der Waals surface area contributed by atoms with E-state index in [0.717, 1.165) is 18.7 Å². The molecular weight excluding hydrogens is 257 g/mol. The van der Waals surface area contributed by atoms with Gasteiger partial charge in [-0.15, -0.1) is 0 Å². The predicted octanol–water partition coefficient (Wildman–Crippen LogP) is 3.28. The van der Waals surface area contributed by atoms with E-state index in [1.807, 2.05) is 24.9 Å². The van der Waals surface area contributed by atoms with Crippen LogP contribution in [-0.4, -0.2) is 22.1 Å². The Hall–Kier alpha value is -1.75. The van der Waals surface area contributed by atoms with E-state index in [1.165, 1.54) is 6.07 Å². The molecule has 2 aromatic rings. The summed E-state index contributed by atoms with van der Waals surface area (Å²) in [5.41, 5.74) is 0.678. The second-order valence-corrected chi connectivity index (χ2v) is 5.43. The Bertz CT molecular complexity index is 594. The van der Waals surface area contributed by atoms with E-state index >= 15 is 0 Å². The summed E-state index contributed by atoms with van der Waals surface area (Å²) in [5, 5.41) is 3.99. The first-order valence-corrected chi connectivity index (χ1v) is 6.92. The maximum absolute atomic E-state index is 13.8. The number of rotatable bonds is 5. The first-order chi connectivity index (χ1) is 9.65. The van der Waals surface area contributed by atoms with Crippen molar-refractivity contribution in [1.29, 1.82) is 0 Å². The highest BCUT2D eigenvalue weighted by molar-refractivity contribution is 5.20. The highest BCUT2D eigenvalue weighted by Crippen LogP contribution is 2.38. The van der Waals surface area contributed by atoms with Crippen LogP contribution in [0.15, 0.2) is 28.8 Å².